The van der Waals surface area contributed by atoms with Crippen LogP contribution in [0.1, 0.15) is 56.1 Å². The Morgan fingerprint density at radius 1 is 0.750 bits per heavy atom. The molecule has 4 unspecified atom stereocenters. The Balaban J connectivity index is 0.000000161. The fraction of sp³-hybridized carbons (Fsp3) is 0.467. The summed E-state index contributed by atoms with van der Waals surface area (Å²) in [6.07, 6.45) is 4.90. The number of carbonyl (C=O) groups excluding carboxylic acids is 3. The quantitative estimate of drug-likeness (QED) is 0.430. The number of piperidine rings is 1. The van der Waals surface area contributed by atoms with E-state index in [1.807, 2.05) is 65.6 Å². The number of fused-ring (bicyclic) bond motifs is 4. The second-order valence-corrected chi connectivity index (χ2v) is 10.7. The van der Waals surface area contributed by atoms with Crippen LogP contribution in [0, 0.1) is 0 Å². The summed E-state index contributed by atoms with van der Waals surface area (Å²) in [5.41, 5.74) is 2.75. The molecule has 4 fully saturated rings. The van der Waals surface area contributed by atoms with E-state index in [9.17, 15) is 14.4 Å². The molecule has 4 aliphatic rings. The van der Waals surface area contributed by atoms with Gasteiger partial charge in [0.25, 0.3) is 0 Å². The number of carbonyl (C=O) groups is 3. The summed E-state index contributed by atoms with van der Waals surface area (Å²) in [5, 5.41) is 15.0. The maximum Gasteiger partial charge on any atom is 0.410 e. The largest absolute Gasteiger partial charge is 0.445 e. The molecule has 0 spiro atoms. The van der Waals surface area contributed by atoms with Gasteiger partial charge in [-0.1, -0.05) is 65.8 Å². The van der Waals surface area contributed by atoms with Gasteiger partial charge in [-0.3, -0.25) is 9.69 Å². The molecule has 4 bridgehead atoms. The summed E-state index contributed by atoms with van der Waals surface area (Å²) >= 11 is 0. The highest BCUT2D eigenvalue weighted by Crippen LogP contribution is 2.35. The van der Waals surface area contributed by atoms with Crippen LogP contribution in [0.15, 0.2) is 65.8 Å². The molecule has 4 heterocycles. The molecule has 10 nitrogen and oxygen atoms in total. The van der Waals surface area contributed by atoms with Gasteiger partial charge in [0.15, 0.2) is 0 Å². The predicted octanol–water partition coefficient (Wildman–Crippen LogP) is 4.46. The van der Waals surface area contributed by atoms with E-state index in [1.165, 1.54) is 0 Å². The molecule has 10 heteroatoms. The first-order chi connectivity index (χ1) is 19.5. The number of ether oxygens (including phenoxy) is 2. The van der Waals surface area contributed by atoms with Crippen molar-refractivity contribution in [1.82, 2.24) is 15.1 Å². The maximum atomic E-state index is 12.3. The molecule has 40 heavy (non-hydrogen) atoms. The van der Waals surface area contributed by atoms with Crippen LogP contribution in [-0.4, -0.2) is 69.5 Å². The lowest BCUT2D eigenvalue weighted by molar-refractivity contribution is -0.121. The molecular formula is C30H36N4O6. The first kappa shape index (κ1) is 27.5. The van der Waals surface area contributed by atoms with Gasteiger partial charge in [-0.15, -0.1) is 0 Å². The van der Waals surface area contributed by atoms with E-state index in [-0.39, 0.29) is 48.9 Å². The van der Waals surface area contributed by atoms with E-state index in [0.29, 0.717) is 32.4 Å². The fourth-order valence-electron chi connectivity index (χ4n) is 6.13. The van der Waals surface area contributed by atoms with Crippen molar-refractivity contribution in [3.63, 3.8) is 0 Å². The van der Waals surface area contributed by atoms with E-state index in [1.54, 1.807) is 4.90 Å². The normalized spacial score (nSPS) is 24.8. The molecule has 2 N–H and O–H groups in total. The minimum atomic E-state index is -0.308. The second-order valence-electron chi connectivity index (χ2n) is 10.7. The Hall–Kier alpha value is -4.08. The molecule has 2 aromatic carbocycles. The highest BCUT2D eigenvalue weighted by atomic mass is 16.6. The highest BCUT2D eigenvalue weighted by molar-refractivity contribution is 5.88. The lowest BCUT2D eigenvalue weighted by Crippen LogP contribution is -2.47. The van der Waals surface area contributed by atoms with E-state index in [0.717, 1.165) is 42.5 Å². The van der Waals surface area contributed by atoms with Crippen LogP contribution in [0.4, 0.5) is 9.59 Å². The molecule has 4 atom stereocenters. The fourth-order valence-corrected chi connectivity index (χ4v) is 6.13. The van der Waals surface area contributed by atoms with Gasteiger partial charge in [-0.2, -0.15) is 0 Å². The Morgan fingerprint density at radius 2 is 1.20 bits per heavy atom. The molecule has 6 rings (SSSR count). The van der Waals surface area contributed by atoms with Gasteiger partial charge in [0.05, 0.1) is 11.8 Å². The van der Waals surface area contributed by atoms with Crippen LogP contribution in [0.2, 0.25) is 0 Å². The van der Waals surface area contributed by atoms with Gasteiger partial charge >= 0.3 is 12.2 Å². The number of nitrogens with one attached hydrogen (secondary N) is 1. The molecular weight excluding hydrogens is 512 g/mol. The van der Waals surface area contributed by atoms with Gasteiger partial charge in [0.2, 0.25) is 5.91 Å². The summed E-state index contributed by atoms with van der Waals surface area (Å²) < 4.78 is 10.8. The molecule has 0 saturated carbocycles. The number of hydrogen-bond donors (Lipinski definition) is 2. The smallest absolute Gasteiger partial charge is 0.410 e. The average Bonchev–Trinajstić information content (AvgIpc) is 3.45. The number of rotatable bonds is 4. The molecule has 0 aliphatic carbocycles. The standard InChI is InChI=1S/2C15H18N2O3/c18-15(20-10-11-4-2-1-3-5-11)17-13-6-7-14(17)9-12(8-13)16-19;18-14-8-12-6-7-13(9-16-14)17(12)15(19)20-10-11-4-2-1-3-5-11/h1-5,13-14,19H,6-10H2;1-5,12-13H,6-10H2,(H,16,18). The summed E-state index contributed by atoms with van der Waals surface area (Å²) in [6.45, 7) is 1.11. The molecule has 4 saturated heterocycles. The molecule has 212 valence electrons. The van der Waals surface area contributed by atoms with Gasteiger partial charge < -0.3 is 24.9 Å². The zero-order valence-corrected chi connectivity index (χ0v) is 22.5. The number of nitrogens with zero attached hydrogens (tertiary/aromatic N) is 3. The molecule has 3 amide bonds. The average molecular weight is 549 g/mol. The minimum Gasteiger partial charge on any atom is -0.445 e. The number of benzene rings is 2. The van der Waals surface area contributed by atoms with E-state index < -0.39 is 0 Å². The Bertz CT molecular complexity index is 1190. The lowest BCUT2D eigenvalue weighted by atomic mass is 10.0. The van der Waals surface area contributed by atoms with Crippen LogP contribution < -0.4 is 5.32 Å². The number of hydrogen-bond acceptors (Lipinski definition) is 7. The highest BCUT2D eigenvalue weighted by Gasteiger charge is 2.43. The van der Waals surface area contributed by atoms with Gasteiger partial charge in [-0.25, -0.2) is 9.59 Å². The van der Waals surface area contributed by atoms with Crippen LogP contribution in [0.5, 0.6) is 0 Å². The molecule has 0 aromatic heterocycles. The second kappa shape index (κ2) is 12.8. The van der Waals surface area contributed by atoms with Crippen molar-refractivity contribution in [3.05, 3.63) is 71.8 Å². The van der Waals surface area contributed by atoms with Crippen LogP contribution in [0.3, 0.4) is 0 Å². The third-order valence-corrected chi connectivity index (χ3v) is 8.11. The van der Waals surface area contributed by atoms with Gasteiger partial charge in [0, 0.05) is 43.9 Å². The van der Waals surface area contributed by atoms with Crippen molar-refractivity contribution < 1.29 is 29.1 Å². The Labute approximate surface area is 233 Å². The van der Waals surface area contributed by atoms with Gasteiger partial charge in [0.1, 0.15) is 13.2 Å². The van der Waals surface area contributed by atoms with Crippen LogP contribution in [-0.2, 0) is 27.5 Å². The topological polar surface area (TPSA) is 121 Å². The maximum absolute atomic E-state index is 12.3. The minimum absolute atomic E-state index is 0.00854. The van der Waals surface area contributed by atoms with Crippen molar-refractivity contribution in [3.8, 4) is 0 Å². The summed E-state index contributed by atoms with van der Waals surface area (Å²) in [7, 11) is 0. The summed E-state index contributed by atoms with van der Waals surface area (Å²) in [5.74, 6) is 0.0260. The SMILES string of the molecule is O=C(OCc1ccccc1)N1C2CCC1CC(=NO)C2.O=C1CC2CCC(CN1)N2C(=O)OCc1ccccc1. The summed E-state index contributed by atoms with van der Waals surface area (Å²) in [6, 6.07) is 19.6. The first-order valence-electron chi connectivity index (χ1n) is 14.0. The summed E-state index contributed by atoms with van der Waals surface area (Å²) in [4.78, 5) is 39.6. The first-order valence-corrected chi connectivity index (χ1v) is 14.0. The van der Waals surface area contributed by atoms with E-state index in [4.69, 9.17) is 14.7 Å². The number of amides is 3. The zero-order chi connectivity index (χ0) is 27.9. The van der Waals surface area contributed by atoms with Crippen molar-refractivity contribution >= 4 is 23.8 Å². The third kappa shape index (κ3) is 6.55. The van der Waals surface area contributed by atoms with Crippen molar-refractivity contribution in [2.24, 2.45) is 5.16 Å². The molecule has 4 aliphatic heterocycles. The molecule has 2 aromatic rings. The lowest BCUT2D eigenvalue weighted by Gasteiger charge is -2.34. The molecule has 0 radical (unpaired) electrons. The predicted molar refractivity (Wildman–Crippen MR) is 147 cm³/mol. The van der Waals surface area contributed by atoms with E-state index in [2.05, 4.69) is 10.5 Å². The zero-order valence-electron chi connectivity index (χ0n) is 22.5. The Kier molecular flexibility index (Phi) is 8.83. The number of oxime groups is 1. The van der Waals surface area contributed by atoms with Crippen molar-refractivity contribution in [1.29, 1.82) is 0 Å². The third-order valence-electron chi connectivity index (χ3n) is 8.11. The van der Waals surface area contributed by atoms with Crippen molar-refractivity contribution in [2.75, 3.05) is 6.54 Å². The van der Waals surface area contributed by atoms with Crippen LogP contribution in [0.25, 0.3) is 0 Å². The van der Waals surface area contributed by atoms with Gasteiger partial charge in [-0.05, 0) is 36.8 Å². The van der Waals surface area contributed by atoms with E-state index >= 15 is 0 Å². The van der Waals surface area contributed by atoms with Crippen molar-refractivity contribution in [2.45, 2.75) is 82.3 Å². The monoisotopic (exact) mass is 548 g/mol. The Morgan fingerprint density at radius 3 is 1.70 bits per heavy atom. The van der Waals surface area contributed by atoms with Crippen LogP contribution >= 0.6 is 0 Å².